The Kier molecular flexibility index (Phi) is 9.72. The third-order valence-electron chi connectivity index (χ3n) is 0.357. The van der Waals surface area contributed by atoms with Gasteiger partial charge >= 0.3 is 43.6 Å². The van der Waals surface area contributed by atoms with E-state index < -0.39 is 12.6 Å². The summed E-state index contributed by atoms with van der Waals surface area (Å²) in [4.78, 5) is 9.71. The summed E-state index contributed by atoms with van der Waals surface area (Å²) in [5, 5.41) is 7.86. The van der Waals surface area contributed by atoms with Crippen molar-refractivity contribution in [2.45, 2.75) is 0 Å². The molecule has 1 N–H and O–H groups in total. The summed E-state index contributed by atoms with van der Waals surface area (Å²) in [6.07, 6.45) is 0. The van der Waals surface area contributed by atoms with Crippen LogP contribution in [-0.2, 0) is 9.45 Å². The maximum atomic E-state index is 9.71. The number of hydrogen-bond acceptors (Lipinski definition) is 3. The van der Waals surface area contributed by atoms with Crippen LogP contribution < -0.4 is 0 Å². The van der Waals surface area contributed by atoms with Crippen molar-refractivity contribution in [3.8, 4) is 0 Å². The van der Waals surface area contributed by atoms with Crippen LogP contribution in [0, 0.1) is 0 Å². The van der Waals surface area contributed by atoms with Crippen molar-refractivity contribution >= 4 is 43.6 Å². The molecule has 7 heavy (non-hydrogen) atoms. The van der Waals surface area contributed by atoms with E-state index in [0.717, 1.165) is 0 Å². The first kappa shape index (κ1) is 10.5. The van der Waals surface area contributed by atoms with Gasteiger partial charge in [0.1, 0.15) is 6.61 Å². The van der Waals surface area contributed by atoms with Crippen LogP contribution in [-0.4, -0.2) is 55.3 Å². The van der Waals surface area contributed by atoms with Crippen LogP contribution in [0.1, 0.15) is 0 Å². The molecule has 0 spiro atoms. The topological polar surface area (TPSA) is 46.5 Å². The van der Waals surface area contributed by atoms with Gasteiger partial charge in [-0.2, -0.15) is 0 Å². The fraction of sp³-hybridized carbons (Fsp3) is 0.500. The van der Waals surface area contributed by atoms with Crippen LogP contribution in [0.15, 0.2) is 0 Å². The number of rotatable bonds is 1. The molecule has 0 saturated carbocycles. The average molecular weight is 112 g/mol. The van der Waals surface area contributed by atoms with E-state index in [1.165, 1.54) is 8.05 Å². The Hall–Kier alpha value is 0.495. The van der Waals surface area contributed by atoms with Gasteiger partial charge in [0, 0.05) is 0 Å². The van der Waals surface area contributed by atoms with E-state index in [1.807, 2.05) is 0 Å². The molecule has 0 saturated heterocycles. The Balaban J connectivity index is 0. The summed E-state index contributed by atoms with van der Waals surface area (Å²) in [6, 6.07) is 0. The number of aliphatic hydroxyl groups excluding tert-OH is 1. The molecule has 3 nitrogen and oxygen atoms in total. The van der Waals surface area contributed by atoms with E-state index in [0.29, 0.717) is 0 Å². The zero-order valence-corrected chi connectivity index (χ0v) is 3.47. The predicted molar refractivity (Wildman–Crippen MR) is 28.9 cm³/mol. The first-order valence-corrected chi connectivity index (χ1v) is 1.49. The van der Waals surface area contributed by atoms with E-state index in [9.17, 15) is 4.79 Å². The molecular formula is C2H6BNaO3. The van der Waals surface area contributed by atoms with Crippen molar-refractivity contribution in [1.82, 2.24) is 0 Å². The predicted octanol–water partition coefficient (Wildman–Crippen LogP) is -2.58. The van der Waals surface area contributed by atoms with Crippen LogP contribution in [0.5, 0.6) is 0 Å². The Labute approximate surface area is 64.8 Å². The first-order chi connectivity index (χ1) is 2.81. The second kappa shape index (κ2) is 6.49. The van der Waals surface area contributed by atoms with Crippen molar-refractivity contribution in [1.29, 1.82) is 0 Å². The molecule has 0 unspecified atom stereocenters. The third-order valence-corrected chi connectivity index (χ3v) is 0.357. The number of hydrogen-bond donors (Lipinski definition) is 1. The van der Waals surface area contributed by atoms with Gasteiger partial charge in [-0.3, -0.25) is 4.79 Å². The second-order valence-corrected chi connectivity index (χ2v) is 0.734. The molecule has 0 rings (SSSR count). The van der Waals surface area contributed by atoms with Crippen LogP contribution in [0.2, 0.25) is 0 Å². The van der Waals surface area contributed by atoms with Gasteiger partial charge < -0.3 is 9.76 Å². The molecule has 5 heteroatoms. The summed E-state index contributed by atoms with van der Waals surface area (Å²) < 4.78 is 4.01. The van der Waals surface area contributed by atoms with Crippen LogP contribution in [0.25, 0.3) is 0 Å². The van der Waals surface area contributed by atoms with Gasteiger partial charge in [-0.05, 0) is 0 Å². The van der Waals surface area contributed by atoms with E-state index in [4.69, 9.17) is 5.11 Å². The molecule has 0 radical (unpaired) electrons. The molecule has 0 atom stereocenters. The molecule has 0 bridgehead atoms. The van der Waals surface area contributed by atoms with Gasteiger partial charge in [0.2, 0.25) is 0 Å². The molecule has 0 aromatic heterocycles. The zero-order valence-electron chi connectivity index (χ0n) is 3.47. The van der Waals surface area contributed by atoms with E-state index in [-0.39, 0.29) is 29.6 Å². The minimum absolute atomic E-state index is 0. The van der Waals surface area contributed by atoms with Gasteiger partial charge in [-0.1, -0.05) is 0 Å². The van der Waals surface area contributed by atoms with Crippen molar-refractivity contribution in [3.63, 3.8) is 0 Å². The van der Waals surface area contributed by atoms with Gasteiger partial charge in [0.05, 0.1) is 0 Å². The van der Waals surface area contributed by atoms with Crippen molar-refractivity contribution < 1.29 is 14.6 Å². The van der Waals surface area contributed by atoms with Crippen LogP contribution in [0.3, 0.4) is 0 Å². The summed E-state index contributed by atoms with van der Waals surface area (Å²) >= 11 is 0. The van der Waals surface area contributed by atoms with Gasteiger partial charge in [-0.25, -0.2) is 0 Å². The van der Waals surface area contributed by atoms with Crippen molar-refractivity contribution in [2.24, 2.45) is 0 Å². The number of aliphatic hydroxyl groups is 1. The Morgan fingerprint density at radius 1 is 1.86 bits per heavy atom. The molecule has 0 aliphatic rings. The quantitative estimate of drug-likeness (QED) is 0.379. The molecule has 36 valence electrons. The number of carbonyl (C=O) groups excluding carboxylic acids is 1. The van der Waals surface area contributed by atoms with Crippen LogP contribution >= 0.6 is 0 Å². The Morgan fingerprint density at radius 2 is 2.29 bits per heavy atom. The summed E-state index contributed by atoms with van der Waals surface area (Å²) in [5.74, 6) is -0.602. The van der Waals surface area contributed by atoms with Crippen molar-refractivity contribution in [2.75, 3.05) is 6.61 Å². The molecule has 0 aliphatic heterocycles. The normalized spacial score (nSPS) is 6.43. The number of carbonyl (C=O) groups is 1. The molecule has 0 aromatic carbocycles. The molecule has 0 fully saturated rings. The zero-order chi connectivity index (χ0) is 4.99. The average Bonchev–Trinajstić information content (AvgIpc) is 1.65. The molecule has 0 heterocycles. The SMILES string of the molecule is BOC(=O)CO.[NaH]. The molecule has 0 aliphatic carbocycles. The minimum atomic E-state index is -0.602. The fourth-order valence-corrected chi connectivity index (χ4v) is 0.0645. The molecule has 0 aromatic rings. The van der Waals surface area contributed by atoms with E-state index in [2.05, 4.69) is 4.65 Å². The van der Waals surface area contributed by atoms with E-state index in [1.54, 1.807) is 0 Å². The maximum absolute atomic E-state index is 9.71. The third kappa shape index (κ3) is 6.49. The van der Waals surface area contributed by atoms with E-state index >= 15 is 0 Å². The standard InChI is InChI=1S/C2H5BO3.Na.H/c3-6-2(5)1-4;;/h4H,1,3H2;;. The summed E-state index contributed by atoms with van der Waals surface area (Å²) in [6.45, 7) is -0.531. The Morgan fingerprint density at radius 3 is 2.29 bits per heavy atom. The second-order valence-electron chi connectivity index (χ2n) is 0.734. The monoisotopic (exact) mass is 112 g/mol. The van der Waals surface area contributed by atoms with Crippen LogP contribution in [0.4, 0.5) is 0 Å². The Bertz CT molecular complexity index is 50.9. The summed E-state index contributed by atoms with van der Waals surface area (Å²) in [5.41, 5.74) is 0. The molecule has 0 amide bonds. The molecular weight excluding hydrogens is 106 g/mol. The van der Waals surface area contributed by atoms with Crippen molar-refractivity contribution in [3.05, 3.63) is 0 Å². The first-order valence-electron chi connectivity index (χ1n) is 1.49. The summed E-state index contributed by atoms with van der Waals surface area (Å²) in [7, 11) is 1.22. The van der Waals surface area contributed by atoms with Gasteiger partial charge in [0.15, 0.2) is 0 Å². The van der Waals surface area contributed by atoms with Gasteiger partial charge in [0.25, 0.3) is 0 Å². The fourth-order valence-electron chi connectivity index (χ4n) is 0.0645. The van der Waals surface area contributed by atoms with Gasteiger partial charge in [-0.15, -0.1) is 0 Å².